The number of amides is 1. The summed E-state index contributed by atoms with van der Waals surface area (Å²) < 4.78 is 5.18. The maximum absolute atomic E-state index is 11.9. The number of hydrogen-bond acceptors (Lipinski definition) is 8. The number of hydrogen-bond donors (Lipinski definition) is 4. The van der Waals surface area contributed by atoms with Gasteiger partial charge in [-0.25, -0.2) is 4.98 Å². The van der Waals surface area contributed by atoms with Gasteiger partial charge in [0.25, 0.3) is 5.91 Å². The van der Waals surface area contributed by atoms with Crippen LogP contribution in [-0.2, 0) is 19.4 Å². The maximum Gasteiger partial charge on any atom is 0.251 e. The Morgan fingerprint density at radius 2 is 1.97 bits per heavy atom. The molecule has 33 heavy (non-hydrogen) atoms. The first-order valence-corrected chi connectivity index (χ1v) is 10.6. The van der Waals surface area contributed by atoms with Gasteiger partial charge >= 0.3 is 0 Å². The number of aryl methyl sites for hydroxylation is 4. The molecule has 170 valence electrons. The van der Waals surface area contributed by atoms with Crippen LogP contribution in [0.15, 0.2) is 47.1 Å². The molecule has 3 aromatic heterocycles. The van der Waals surface area contributed by atoms with E-state index in [4.69, 9.17) is 4.52 Å². The second-order valence-electron chi connectivity index (χ2n) is 7.74. The molecule has 0 aliphatic rings. The number of anilines is 3. The van der Waals surface area contributed by atoms with Crippen molar-refractivity contribution in [3.63, 3.8) is 0 Å². The zero-order chi connectivity index (χ0) is 23.2. The molecule has 3 heterocycles. The highest BCUT2D eigenvalue weighted by Gasteiger charge is 2.08. The van der Waals surface area contributed by atoms with Crippen LogP contribution >= 0.6 is 0 Å². The average Bonchev–Trinajstić information content (AvgIpc) is 3.44. The monoisotopic (exact) mass is 446 g/mol. The van der Waals surface area contributed by atoms with E-state index >= 15 is 0 Å². The van der Waals surface area contributed by atoms with Crippen molar-refractivity contribution < 1.29 is 9.32 Å². The van der Waals surface area contributed by atoms with E-state index in [1.54, 1.807) is 19.3 Å². The molecule has 4 aromatic rings. The van der Waals surface area contributed by atoms with E-state index in [2.05, 4.69) is 47.3 Å². The van der Waals surface area contributed by atoms with Crippen molar-refractivity contribution in [3.05, 3.63) is 76.4 Å². The highest BCUT2D eigenvalue weighted by molar-refractivity contribution is 5.94. The van der Waals surface area contributed by atoms with Crippen LogP contribution in [0.1, 0.15) is 38.6 Å². The summed E-state index contributed by atoms with van der Waals surface area (Å²) in [5.74, 6) is 2.38. The van der Waals surface area contributed by atoms with Crippen LogP contribution in [0.4, 0.5) is 17.6 Å². The van der Waals surface area contributed by atoms with E-state index in [1.807, 2.05) is 38.1 Å². The van der Waals surface area contributed by atoms with Crippen LogP contribution in [0.3, 0.4) is 0 Å². The minimum absolute atomic E-state index is 0.0809. The summed E-state index contributed by atoms with van der Waals surface area (Å²) in [4.78, 5) is 20.6. The third kappa shape index (κ3) is 5.94. The predicted octanol–water partition coefficient (Wildman–Crippen LogP) is 3.31. The van der Waals surface area contributed by atoms with Crippen molar-refractivity contribution >= 4 is 23.5 Å². The van der Waals surface area contributed by atoms with Crippen molar-refractivity contribution in [1.29, 1.82) is 0 Å². The van der Waals surface area contributed by atoms with Gasteiger partial charge in [0, 0.05) is 36.6 Å². The lowest BCUT2D eigenvalue weighted by atomic mass is 10.0. The van der Waals surface area contributed by atoms with E-state index in [0.29, 0.717) is 35.5 Å². The number of H-pyrrole nitrogens is 1. The van der Waals surface area contributed by atoms with Crippen molar-refractivity contribution in [2.45, 2.75) is 33.2 Å². The number of aromatic amines is 1. The van der Waals surface area contributed by atoms with Gasteiger partial charge in [-0.15, -0.1) is 0 Å². The first kappa shape index (κ1) is 22.0. The molecule has 4 rings (SSSR count). The summed E-state index contributed by atoms with van der Waals surface area (Å²) >= 11 is 0. The lowest BCUT2D eigenvalue weighted by molar-refractivity contribution is 0.0963. The molecular formula is C23H26N8O2. The summed E-state index contributed by atoms with van der Waals surface area (Å²) in [6, 6.07) is 11.5. The van der Waals surface area contributed by atoms with Gasteiger partial charge in [-0.1, -0.05) is 16.8 Å². The smallest absolute Gasteiger partial charge is 0.251 e. The van der Waals surface area contributed by atoms with Crippen molar-refractivity contribution in [1.82, 2.24) is 30.6 Å². The number of benzene rings is 1. The lowest BCUT2D eigenvalue weighted by Crippen LogP contribution is -2.18. The fourth-order valence-electron chi connectivity index (χ4n) is 3.43. The van der Waals surface area contributed by atoms with E-state index in [0.717, 1.165) is 35.4 Å². The number of nitrogens with zero attached hydrogens (tertiary/aromatic N) is 4. The molecule has 0 saturated heterocycles. The van der Waals surface area contributed by atoms with E-state index < -0.39 is 0 Å². The van der Waals surface area contributed by atoms with Gasteiger partial charge in [0.2, 0.25) is 5.95 Å². The SMILES string of the molecule is CNC(=O)c1cc(C)cc(CCc2cc(Nc3ccnc(NCc4cc(C)no4)n3)n[nH]2)c1. The number of nitrogens with one attached hydrogen (secondary N) is 4. The highest BCUT2D eigenvalue weighted by Crippen LogP contribution is 2.17. The second kappa shape index (κ2) is 9.94. The lowest BCUT2D eigenvalue weighted by Gasteiger charge is -2.06. The van der Waals surface area contributed by atoms with Crippen LogP contribution in [0.25, 0.3) is 0 Å². The third-order valence-electron chi connectivity index (χ3n) is 4.95. The molecule has 1 amide bonds. The second-order valence-corrected chi connectivity index (χ2v) is 7.74. The van der Waals surface area contributed by atoms with E-state index in [9.17, 15) is 4.79 Å². The number of aromatic nitrogens is 5. The van der Waals surface area contributed by atoms with Crippen molar-refractivity contribution in [3.8, 4) is 0 Å². The Balaban J connectivity index is 1.34. The Morgan fingerprint density at radius 3 is 2.76 bits per heavy atom. The summed E-state index contributed by atoms with van der Waals surface area (Å²) in [5, 5.41) is 20.2. The van der Waals surface area contributed by atoms with Crippen LogP contribution < -0.4 is 16.0 Å². The normalized spacial score (nSPS) is 10.8. The van der Waals surface area contributed by atoms with Gasteiger partial charge in [-0.3, -0.25) is 9.89 Å². The number of rotatable bonds is 9. The number of carbonyl (C=O) groups is 1. The highest BCUT2D eigenvalue weighted by atomic mass is 16.5. The molecular weight excluding hydrogens is 420 g/mol. The van der Waals surface area contributed by atoms with Gasteiger partial charge in [0.05, 0.1) is 12.2 Å². The van der Waals surface area contributed by atoms with Crippen LogP contribution in [0.2, 0.25) is 0 Å². The third-order valence-corrected chi connectivity index (χ3v) is 4.95. The molecule has 0 fully saturated rings. The average molecular weight is 447 g/mol. The summed E-state index contributed by atoms with van der Waals surface area (Å²) in [5.41, 5.74) is 4.64. The molecule has 0 unspecified atom stereocenters. The molecule has 0 aliphatic heterocycles. The largest absolute Gasteiger partial charge is 0.359 e. The Bertz CT molecular complexity index is 1250. The van der Waals surface area contributed by atoms with E-state index in [1.165, 1.54) is 0 Å². The van der Waals surface area contributed by atoms with Gasteiger partial charge in [-0.05, 0) is 50.5 Å². The number of carbonyl (C=O) groups excluding carboxylic acids is 1. The minimum Gasteiger partial charge on any atom is -0.359 e. The van der Waals surface area contributed by atoms with Crippen LogP contribution in [0, 0.1) is 13.8 Å². The van der Waals surface area contributed by atoms with Gasteiger partial charge in [0.15, 0.2) is 11.6 Å². The Morgan fingerprint density at radius 1 is 1.09 bits per heavy atom. The summed E-state index contributed by atoms with van der Waals surface area (Å²) in [6.45, 7) is 4.30. The van der Waals surface area contributed by atoms with Crippen LogP contribution in [0.5, 0.6) is 0 Å². The molecule has 0 spiro atoms. The minimum atomic E-state index is -0.0809. The molecule has 10 nitrogen and oxygen atoms in total. The molecule has 1 aromatic carbocycles. The van der Waals surface area contributed by atoms with Gasteiger partial charge in [0.1, 0.15) is 5.82 Å². The topological polar surface area (TPSA) is 134 Å². The first-order valence-electron chi connectivity index (χ1n) is 10.6. The Labute approximate surface area is 191 Å². The van der Waals surface area contributed by atoms with Gasteiger partial charge < -0.3 is 20.5 Å². The maximum atomic E-state index is 11.9. The van der Waals surface area contributed by atoms with Crippen molar-refractivity contribution in [2.75, 3.05) is 17.7 Å². The van der Waals surface area contributed by atoms with Crippen LogP contribution in [-0.4, -0.2) is 38.3 Å². The molecule has 4 N–H and O–H groups in total. The zero-order valence-corrected chi connectivity index (χ0v) is 18.8. The Kier molecular flexibility index (Phi) is 6.63. The predicted molar refractivity (Wildman–Crippen MR) is 124 cm³/mol. The molecule has 0 aliphatic carbocycles. The summed E-state index contributed by atoms with van der Waals surface area (Å²) in [6.07, 6.45) is 3.22. The fourth-order valence-corrected chi connectivity index (χ4v) is 3.43. The molecule has 0 saturated carbocycles. The standard InChI is InChI=1S/C23H26N8O2/c1-14-8-16(11-17(9-14)22(32)24-3)4-5-18-12-21(30-29-18)27-20-6-7-25-23(28-20)26-13-19-10-15(2)31-33-19/h6-12H,4-5,13H2,1-3H3,(H,24,32)(H3,25,26,27,28,29,30). The summed E-state index contributed by atoms with van der Waals surface area (Å²) in [7, 11) is 1.64. The fraction of sp³-hybridized carbons (Fsp3) is 0.261. The molecule has 0 radical (unpaired) electrons. The molecule has 0 atom stereocenters. The zero-order valence-electron chi connectivity index (χ0n) is 18.8. The quantitative estimate of drug-likeness (QED) is 0.308. The van der Waals surface area contributed by atoms with Gasteiger partial charge in [-0.2, -0.15) is 10.1 Å². The molecule has 0 bridgehead atoms. The Hall–Kier alpha value is -4.21. The first-order chi connectivity index (χ1) is 16.0. The molecule has 10 heteroatoms. The van der Waals surface area contributed by atoms with Crippen molar-refractivity contribution in [2.24, 2.45) is 0 Å². The van der Waals surface area contributed by atoms with E-state index in [-0.39, 0.29) is 5.91 Å².